The van der Waals surface area contributed by atoms with Gasteiger partial charge in [-0.1, -0.05) is 36.8 Å². The van der Waals surface area contributed by atoms with Crippen molar-refractivity contribution in [3.05, 3.63) is 58.8 Å². The van der Waals surface area contributed by atoms with Crippen molar-refractivity contribution < 1.29 is 0 Å². The minimum absolute atomic E-state index is 0.199. The zero-order valence-corrected chi connectivity index (χ0v) is 14.4. The molecular weight excluding hydrogens is 290 g/mol. The third kappa shape index (κ3) is 4.04. The summed E-state index contributed by atoms with van der Waals surface area (Å²) in [5, 5.41) is 7.19. The van der Waals surface area contributed by atoms with E-state index in [0.717, 1.165) is 17.8 Å². The zero-order valence-electron chi connectivity index (χ0n) is 13.6. The van der Waals surface area contributed by atoms with Gasteiger partial charge in [-0.25, -0.2) is 4.98 Å². The first-order valence-electron chi connectivity index (χ1n) is 7.57. The van der Waals surface area contributed by atoms with E-state index in [0.29, 0.717) is 5.11 Å². The van der Waals surface area contributed by atoms with E-state index in [4.69, 9.17) is 12.2 Å². The summed E-state index contributed by atoms with van der Waals surface area (Å²) < 4.78 is 0. The van der Waals surface area contributed by atoms with Gasteiger partial charge in [0.15, 0.2) is 5.11 Å². The van der Waals surface area contributed by atoms with Gasteiger partial charge in [0, 0.05) is 6.20 Å². The summed E-state index contributed by atoms with van der Waals surface area (Å²) in [4.78, 5) is 4.31. The van der Waals surface area contributed by atoms with Crippen molar-refractivity contribution in [3.63, 3.8) is 0 Å². The number of anilines is 1. The summed E-state index contributed by atoms with van der Waals surface area (Å²) in [6, 6.07) is 10.7. The van der Waals surface area contributed by atoms with Crippen LogP contribution >= 0.6 is 12.2 Å². The molecular formula is C18H23N3S. The van der Waals surface area contributed by atoms with Gasteiger partial charge < -0.3 is 10.6 Å². The summed E-state index contributed by atoms with van der Waals surface area (Å²) in [6.45, 7) is 8.43. The number of aryl methyl sites for hydroxylation is 3. The van der Waals surface area contributed by atoms with Gasteiger partial charge in [0.05, 0.1) is 6.04 Å². The Hall–Kier alpha value is -1.94. The predicted molar refractivity (Wildman–Crippen MR) is 97.3 cm³/mol. The summed E-state index contributed by atoms with van der Waals surface area (Å²) in [7, 11) is 0. The minimum Gasteiger partial charge on any atom is -0.356 e. The van der Waals surface area contributed by atoms with E-state index >= 15 is 0 Å². The molecule has 0 saturated heterocycles. The van der Waals surface area contributed by atoms with E-state index in [9.17, 15) is 0 Å². The Morgan fingerprint density at radius 3 is 2.59 bits per heavy atom. The SMILES string of the molecule is CC[C@H](NC(=S)Nc1ncccc1C)c1ccc(C)cc1C. The molecule has 4 heteroatoms. The highest BCUT2D eigenvalue weighted by Gasteiger charge is 2.13. The van der Waals surface area contributed by atoms with Gasteiger partial charge in [-0.15, -0.1) is 0 Å². The van der Waals surface area contributed by atoms with Gasteiger partial charge in [0.2, 0.25) is 0 Å². The Bertz CT molecular complexity index is 667. The normalized spacial score (nSPS) is 11.8. The van der Waals surface area contributed by atoms with Crippen LogP contribution in [0.2, 0.25) is 0 Å². The van der Waals surface area contributed by atoms with Crippen molar-refractivity contribution >= 4 is 23.1 Å². The van der Waals surface area contributed by atoms with Gasteiger partial charge in [0.25, 0.3) is 0 Å². The molecule has 0 fully saturated rings. The van der Waals surface area contributed by atoms with E-state index in [1.54, 1.807) is 6.20 Å². The number of benzene rings is 1. The number of rotatable bonds is 4. The highest BCUT2D eigenvalue weighted by atomic mass is 32.1. The monoisotopic (exact) mass is 313 g/mol. The maximum Gasteiger partial charge on any atom is 0.172 e. The minimum atomic E-state index is 0.199. The van der Waals surface area contributed by atoms with Crippen molar-refractivity contribution in [1.82, 2.24) is 10.3 Å². The lowest BCUT2D eigenvalue weighted by Crippen LogP contribution is -2.32. The molecule has 0 amide bonds. The number of aromatic nitrogens is 1. The largest absolute Gasteiger partial charge is 0.356 e. The molecule has 0 aliphatic rings. The number of hydrogen-bond donors (Lipinski definition) is 2. The van der Waals surface area contributed by atoms with Crippen LogP contribution in [0.3, 0.4) is 0 Å². The molecule has 0 aliphatic heterocycles. The molecule has 1 atom stereocenters. The molecule has 0 radical (unpaired) electrons. The maximum atomic E-state index is 5.45. The van der Waals surface area contributed by atoms with Crippen molar-refractivity contribution in [3.8, 4) is 0 Å². The molecule has 2 aromatic rings. The van der Waals surface area contributed by atoms with Gasteiger partial charge in [-0.2, -0.15) is 0 Å². The smallest absolute Gasteiger partial charge is 0.172 e. The van der Waals surface area contributed by atoms with Gasteiger partial charge in [-0.3, -0.25) is 0 Å². The van der Waals surface area contributed by atoms with Gasteiger partial charge >= 0.3 is 0 Å². The molecule has 0 aliphatic carbocycles. The van der Waals surface area contributed by atoms with Crippen molar-refractivity contribution in [1.29, 1.82) is 0 Å². The topological polar surface area (TPSA) is 37.0 Å². The molecule has 22 heavy (non-hydrogen) atoms. The first kappa shape index (κ1) is 16.4. The van der Waals surface area contributed by atoms with E-state index in [1.807, 2.05) is 19.1 Å². The Morgan fingerprint density at radius 1 is 1.18 bits per heavy atom. The Kier molecular flexibility index (Phi) is 5.50. The number of hydrogen-bond acceptors (Lipinski definition) is 2. The first-order valence-corrected chi connectivity index (χ1v) is 7.98. The third-order valence-electron chi connectivity index (χ3n) is 3.76. The Morgan fingerprint density at radius 2 is 1.95 bits per heavy atom. The lowest BCUT2D eigenvalue weighted by Gasteiger charge is -2.22. The number of nitrogens with one attached hydrogen (secondary N) is 2. The second-order valence-electron chi connectivity index (χ2n) is 5.59. The maximum absolute atomic E-state index is 5.45. The van der Waals surface area contributed by atoms with Gasteiger partial charge in [-0.05, 0) is 62.2 Å². The molecule has 0 bridgehead atoms. The fraction of sp³-hybridized carbons (Fsp3) is 0.333. The number of pyridine rings is 1. The molecule has 2 rings (SSSR count). The second-order valence-corrected chi connectivity index (χ2v) is 6.00. The molecule has 2 N–H and O–H groups in total. The quantitative estimate of drug-likeness (QED) is 0.818. The molecule has 0 spiro atoms. The van der Waals surface area contributed by atoms with Crippen LogP contribution in [0.25, 0.3) is 0 Å². The van der Waals surface area contributed by atoms with Crippen molar-refractivity contribution in [2.45, 2.75) is 40.2 Å². The van der Waals surface area contributed by atoms with Crippen LogP contribution in [-0.2, 0) is 0 Å². The second kappa shape index (κ2) is 7.36. The third-order valence-corrected chi connectivity index (χ3v) is 3.98. The average Bonchev–Trinajstić information content (AvgIpc) is 2.48. The molecule has 0 unspecified atom stereocenters. The van der Waals surface area contributed by atoms with E-state index in [2.05, 4.69) is 54.6 Å². The molecule has 1 aromatic heterocycles. The highest BCUT2D eigenvalue weighted by molar-refractivity contribution is 7.80. The summed E-state index contributed by atoms with van der Waals surface area (Å²) in [6.07, 6.45) is 2.73. The van der Waals surface area contributed by atoms with Crippen LogP contribution in [0, 0.1) is 20.8 Å². The van der Waals surface area contributed by atoms with Crippen LogP contribution < -0.4 is 10.6 Å². The van der Waals surface area contributed by atoms with E-state index < -0.39 is 0 Å². The van der Waals surface area contributed by atoms with E-state index in [-0.39, 0.29) is 6.04 Å². The van der Waals surface area contributed by atoms with Crippen LogP contribution in [0.1, 0.15) is 41.6 Å². The summed E-state index contributed by atoms with van der Waals surface area (Å²) in [5.74, 6) is 0.801. The lowest BCUT2D eigenvalue weighted by molar-refractivity contribution is 0.625. The standard InChI is InChI=1S/C18H23N3S/c1-5-16(15-9-8-12(2)11-14(15)4)20-18(22)21-17-13(3)7-6-10-19-17/h6-11,16H,5H2,1-4H3,(H2,19,20,21,22)/t16-/m0/s1. The van der Waals surface area contributed by atoms with E-state index in [1.165, 1.54) is 16.7 Å². The highest BCUT2D eigenvalue weighted by Crippen LogP contribution is 2.22. The number of nitrogens with zero attached hydrogens (tertiary/aromatic N) is 1. The molecule has 1 heterocycles. The predicted octanol–water partition coefficient (Wildman–Crippen LogP) is 4.44. The summed E-state index contributed by atoms with van der Waals surface area (Å²) in [5.41, 5.74) is 4.93. The van der Waals surface area contributed by atoms with Crippen LogP contribution in [-0.4, -0.2) is 10.1 Å². The fourth-order valence-corrected chi connectivity index (χ4v) is 2.77. The zero-order chi connectivity index (χ0) is 16.1. The van der Waals surface area contributed by atoms with Crippen LogP contribution in [0.4, 0.5) is 5.82 Å². The number of thiocarbonyl (C=S) groups is 1. The first-order chi connectivity index (χ1) is 10.5. The Labute approximate surface area is 138 Å². The summed E-state index contributed by atoms with van der Waals surface area (Å²) >= 11 is 5.45. The van der Waals surface area contributed by atoms with Gasteiger partial charge in [0.1, 0.15) is 5.82 Å². The Balaban J connectivity index is 2.10. The van der Waals surface area contributed by atoms with Crippen molar-refractivity contribution in [2.24, 2.45) is 0 Å². The lowest BCUT2D eigenvalue weighted by atomic mass is 9.98. The van der Waals surface area contributed by atoms with Crippen LogP contribution in [0.5, 0.6) is 0 Å². The van der Waals surface area contributed by atoms with Crippen LogP contribution in [0.15, 0.2) is 36.5 Å². The molecule has 1 aromatic carbocycles. The molecule has 116 valence electrons. The van der Waals surface area contributed by atoms with Crippen molar-refractivity contribution in [2.75, 3.05) is 5.32 Å². The fourth-order valence-electron chi connectivity index (χ4n) is 2.53. The molecule has 0 saturated carbocycles. The molecule has 3 nitrogen and oxygen atoms in total. The average molecular weight is 313 g/mol.